The molecule has 1 aliphatic carbocycles. The highest BCUT2D eigenvalue weighted by molar-refractivity contribution is 5.88. The molecule has 2 unspecified atom stereocenters. The lowest BCUT2D eigenvalue weighted by molar-refractivity contribution is -0.127. The number of phenolic OH excluding ortho intramolecular Hbond substituents is 4. The van der Waals surface area contributed by atoms with Gasteiger partial charge in [-0.25, -0.2) is 0 Å². The molecular weight excluding hydrogens is 408 g/mol. The normalized spacial score (nSPS) is 15.8. The third-order valence-electron chi connectivity index (χ3n) is 4.99. The minimum atomic E-state index is -1.21. The van der Waals surface area contributed by atoms with Crippen LogP contribution in [0.4, 0.5) is 0 Å². The quantitative estimate of drug-likeness (QED) is 0.344. The first-order valence-corrected chi connectivity index (χ1v) is 9.42. The summed E-state index contributed by atoms with van der Waals surface area (Å²) in [4.78, 5) is 24.5. The monoisotopic (exact) mass is 430 g/mol. The van der Waals surface area contributed by atoms with Crippen LogP contribution in [0.1, 0.15) is 36.1 Å². The molecule has 0 saturated heterocycles. The number of aromatic hydroxyl groups is 4. The maximum atomic E-state index is 12.8. The van der Waals surface area contributed by atoms with E-state index in [0.29, 0.717) is 5.56 Å². The lowest BCUT2D eigenvalue weighted by Gasteiger charge is -2.19. The highest BCUT2D eigenvalue weighted by Crippen LogP contribution is 2.48. The van der Waals surface area contributed by atoms with Gasteiger partial charge < -0.3 is 40.2 Å². The number of carbonyl (C=O) groups excluding carboxylic acids is 2. The molecule has 0 aromatic heterocycles. The van der Waals surface area contributed by atoms with E-state index in [1.54, 1.807) is 0 Å². The van der Waals surface area contributed by atoms with Crippen molar-refractivity contribution in [3.8, 4) is 28.7 Å². The molecule has 9 heteroatoms. The Morgan fingerprint density at radius 1 is 1.03 bits per heavy atom. The largest absolute Gasteiger partial charge is 0.507 e. The van der Waals surface area contributed by atoms with Crippen molar-refractivity contribution in [3.63, 3.8) is 0 Å². The standard InChI is InChI=1S/C22H22O9/c1-10(23)4-12(15(25)5-11-2-3-14(24)17(27)6-11)9-31-22-20-13(7-19(29)21(22)30)16(26)8-18(20)28/h2-3,6-8,12,16,24,26-30H,4-5,9H2,1H3. The van der Waals surface area contributed by atoms with Gasteiger partial charge in [0.1, 0.15) is 23.4 Å². The molecule has 2 aromatic rings. The number of benzene rings is 2. The molecule has 1 aliphatic rings. The highest BCUT2D eigenvalue weighted by Gasteiger charge is 2.31. The van der Waals surface area contributed by atoms with Crippen LogP contribution in [0.3, 0.4) is 0 Å². The van der Waals surface area contributed by atoms with Crippen molar-refractivity contribution in [1.82, 2.24) is 0 Å². The summed E-state index contributed by atoms with van der Waals surface area (Å²) < 4.78 is 5.56. The Labute approximate surface area is 177 Å². The molecule has 2 atom stereocenters. The maximum absolute atomic E-state index is 12.8. The fourth-order valence-electron chi connectivity index (χ4n) is 3.44. The van der Waals surface area contributed by atoms with Crippen molar-refractivity contribution in [2.45, 2.75) is 25.9 Å². The zero-order chi connectivity index (χ0) is 22.9. The molecule has 2 aromatic carbocycles. The van der Waals surface area contributed by atoms with Crippen LogP contribution in [-0.4, -0.2) is 48.8 Å². The van der Waals surface area contributed by atoms with Crippen molar-refractivity contribution in [1.29, 1.82) is 0 Å². The predicted octanol–water partition coefficient (Wildman–Crippen LogP) is 2.24. The molecule has 0 fully saturated rings. The highest BCUT2D eigenvalue weighted by atomic mass is 16.5. The van der Waals surface area contributed by atoms with Crippen LogP contribution in [0, 0.1) is 5.92 Å². The Morgan fingerprint density at radius 2 is 1.74 bits per heavy atom. The Morgan fingerprint density at radius 3 is 2.39 bits per heavy atom. The van der Waals surface area contributed by atoms with Gasteiger partial charge in [-0.15, -0.1) is 0 Å². The fraction of sp³-hybridized carbons (Fsp3) is 0.273. The Kier molecular flexibility index (Phi) is 6.07. The van der Waals surface area contributed by atoms with Crippen LogP contribution in [0.25, 0.3) is 5.76 Å². The zero-order valence-corrected chi connectivity index (χ0v) is 16.6. The minimum absolute atomic E-state index is 0.0136. The second-order valence-corrected chi connectivity index (χ2v) is 7.41. The average molecular weight is 430 g/mol. The minimum Gasteiger partial charge on any atom is -0.507 e. The summed E-state index contributed by atoms with van der Waals surface area (Å²) in [6.45, 7) is 0.955. The van der Waals surface area contributed by atoms with Gasteiger partial charge in [0.05, 0.1) is 18.1 Å². The first-order chi connectivity index (χ1) is 14.6. The average Bonchev–Trinajstić information content (AvgIpc) is 2.97. The van der Waals surface area contributed by atoms with E-state index in [0.717, 1.165) is 12.1 Å². The summed E-state index contributed by atoms with van der Waals surface area (Å²) in [5.74, 6) is -4.24. The first kappa shape index (κ1) is 22.0. The maximum Gasteiger partial charge on any atom is 0.201 e. The van der Waals surface area contributed by atoms with E-state index in [4.69, 9.17) is 4.74 Å². The number of hydrogen-bond acceptors (Lipinski definition) is 9. The van der Waals surface area contributed by atoms with E-state index in [9.17, 15) is 40.2 Å². The second kappa shape index (κ2) is 8.57. The van der Waals surface area contributed by atoms with Gasteiger partial charge in [-0.05, 0) is 36.8 Å². The number of aliphatic hydroxyl groups is 2. The van der Waals surface area contributed by atoms with Gasteiger partial charge in [-0.1, -0.05) is 6.07 Å². The second-order valence-electron chi connectivity index (χ2n) is 7.41. The summed E-state index contributed by atoms with van der Waals surface area (Å²) in [6, 6.07) is 5.02. The number of ether oxygens (including phenoxy) is 1. The van der Waals surface area contributed by atoms with Gasteiger partial charge >= 0.3 is 0 Å². The molecule has 0 spiro atoms. The molecule has 31 heavy (non-hydrogen) atoms. The molecule has 0 heterocycles. The number of carbonyl (C=O) groups is 2. The van der Waals surface area contributed by atoms with Crippen LogP contribution in [0.15, 0.2) is 30.3 Å². The summed E-state index contributed by atoms with van der Waals surface area (Å²) in [5, 5.41) is 59.1. The summed E-state index contributed by atoms with van der Waals surface area (Å²) in [5.41, 5.74) is 0.524. The van der Waals surface area contributed by atoms with E-state index in [1.807, 2.05) is 0 Å². The summed E-state index contributed by atoms with van der Waals surface area (Å²) in [6.07, 6.45) is -0.412. The van der Waals surface area contributed by atoms with Gasteiger partial charge in [0.2, 0.25) is 5.75 Å². The number of hydrogen-bond donors (Lipinski definition) is 6. The molecule has 0 bridgehead atoms. The molecule has 9 nitrogen and oxygen atoms in total. The summed E-state index contributed by atoms with van der Waals surface area (Å²) in [7, 11) is 0. The molecule has 3 rings (SSSR count). The van der Waals surface area contributed by atoms with E-state index in [1.165, 1.54) is 25.1 Å². The smallest absolute Gasteiger partial charge is 0.201 e. The lowest BCUT2D eigenvalue weighted by Crippen LogP contribution is -2.26. The van der Waals surface area contributed by atoms with Crippen molar-refractivity contribution >= 4 is 17.3 Å². The predicted molar refractivity (Wildman–Crippen MR) is 108 cm³/mol. The third kappa shape index (κ3) is 4.56. The van der Waals surface area contributed by atoms with Crippen LogP contribution >= 0.6 is 0 Å². The number of fused-ring (bicyclic) bond motifs is 1. The molecule has 0 amide bonds. The number of aliphatic hydroxyl groups excluding tert-OH is 2. The van der Waals surface area contributed by atoms with Crippen molar-refractivity contribution in [2.24, 2.45) is 5.92 Å². The number of ketones is 2. The molecule has 0 aliphatic heterocycles. The van der Waals surface area contributed by atoms with Crippen LogP contribution in [-0.2, 0) is 16.0 Å². The molecule has 0 radical (unpaired) electrons. The van der Waals surface area contributed by atoms with Gasteiger partial charge in [-0.2, -0.15) is 0 Å². The van der Waals surface area contributed by atoms with E-state index in [-0.39, 0.29) is 59.4 Å². The van der Waals surface area contributed by atoms with Crippen LogP contribution in [0.5, 0.6) is 28.7 Å². The summed E-state index contributed by atoms with van der Waals surface area (Å²) >= 11 is 0. The molecule has 0 saturated carbocycles. The number of rotatable bonds is 8. The van der Waals surface area contributed by atoms with Crippen LogP contribution in [0.2, 0.25) is 0 Å². The lowest BCUT2D eigenvalue weighted by atomic mass is 9.94. The van der Waals surface area contributed by atoms with E-state index >= 15 is 0 Å². The van der Waals surface area contributed by atoms with Gasteiger partial charge in [0.25, 0.3) is 0 Å². The van der Waals surface area contributed by atoms with Gasteiger partial charge in [-0.3, -0.25) is 4.79 Å². The molecular formula is C22H22O9. The van der Waals surface area contributed by atoms with E-state index in [2.05, 4.69) is 0 Å². The van der Waals surface area contributed by atoms with Crippen molar-refractivity contribution in [2.75, 3.05) is 6.61 Å². The Bertz CT molecular complexity index is 1070. The van der Waals surface area contributed by atoms with Crippen molar-refractivity contribution in [3.05, 3.63) is 47.0 Å². The van der Waals surface area contributed by atoms with Crippen molar-refractivity contribution < 1.29 is 45.0 Å². The fourth-order valence-corrected chi connectivity index (χ4v) is 3.44. The number of phenols is 4. The van der Waals surface area contributed by atoms with Crippen LogP contribution < -0.4 is 4.74 Å². The third-order valence-corrected chi connectivity index (χ3v) is 4.99. The first-order valence-electron chi connectivity index (χ1n) is 9.42. The zero-order valence-electron chi connectivity index (χ0n) is 16.6. The Balaban J connectivity index is 1.83. The van der Waals surface area contributed by atoms with E-state index < -0.39 is 29.3 Å². The van der Waals surface area contributed by atoms with Gasteiger partial charge in [0.15, 0.2) is 23.0 Å². The SMILES string of the molecule is CC(=O)CC(COc1c(O)c(O)cc2c1C(O)=CC2O)C(=O)Cc1ccc(O)c(O)c1. The molecule has 6 N–H and O–H groups in total. The Hall–Kier alpha value is -3.72. The molecule has 164 valence electrons. The van der Waals surface area contributed by atoms with Gasteiger partial charge in [0, 0.05) is 18.4 Å². The number of Topliss-reactive ketones (excluding diaryl/α,β-unsaturated/α-hetero) is 2. The topological polar surface area (TPSA) is 165 Å².